The molecule has 3 N–H and O–H groups in total. The molecule has 4 atom stereocenters. The zero-order valence-corrected chi connectivity index (χ0v) is 15.8. The standard InChI is InChI=1S/C21H26N2O5/c22-21(10-11-24,19(25)26)18-14-4-1-2-6-16(14)23(17-7-3-5-15(17)18)20(27)28-12-13-8-9-13/h1-2,4,6,11,13,15,17-18H,3,5,7-10,12,22H2,(H,25,26). The van der Waals surface area contributed by atoms with Gasteiger partial charge in [-0.3, -0.25) is 9.69 Å². The Labute approximate surface area is 163 Å². The van der Waals surface area contributed by atoms with Gasteiger partial charge in [-0.1, -0.05) is 24.6 Å². The number of carbonyl (C=O) groups is 3. The van der Waals surface area contributed by atoms with Gasteiger partial charge in [-0.05, 0) is 49.1 Å². The number of anilines is 1. The maximum absolute atomic E-state index is 13.0. The lowest BCUT2D eigenvalue weighted by Crippen LogP contribution is -2.60. The molecule has 7 nitrogen and oxygen atoms in total. The molecule has 4 rings (SSSR count). The van der Waals surface area contributed by atoms with Gasteiger partial charge in [0.1, 0.15) is 11.8 Å². The van der Waals surface area contributed by atoms with Crippen molar-refractivity contribution in [1.29, 1.82) is 0 Å². The second-order valence-electron chi connectivity index (χ2n) is 8.31. The number of hydrogen-bond donors (Lipinski definition) is 2. The summed E-state index contributed by atoms with van der Waals surface area (Å²) in [4.78, 5) is 38.0. The fourth-order valence-electron chi connectivity index (χ4n) is 4.98. The lowest BCUT2D eigenvalue weighted by molar-refractivity contribution is -0.146. The lowest BCUT2D eigenvalue weighted by atomic mass is 9.66. The van der Waals surface area contributed by atoms with E-state index in [-0.39, 0.29) is 24.5 Å². The third-order valence-electron chi connectivity index (χ3n) is 6.53. The molecule has 0 radical (unpaired) electrons. The van der Waals surface area contributed by atoms with Gasteiger partial charge in [-0.15, -0.1) is 0 Å². The van der Waals surface area contributed by atoms with E-state index in [2.05, 4.69) is 0 Å². The third kappa shape index (κ3) is 3.07. The minimum absolute atomic E-state index is 0.121. The van der Waals surface area contributed by atoms with Gasteiger partial charge in [0, 0.05) is 18.4 Å². The number of amides is 1. The number of carbonyl (C=O) groups excluding carboxylic acids is 2. The molecular formula is C21H26N2O5. The predicted octanol–water partition coefficient (Wildman–Crippen LogP) is 2.68. The van der Waals surface area contributed by atoms with Crippen LogP contribution in [0.25, 0.3) is 0 Å². The summed E-state index contributed by atoms with van der Waals surface area (Å²) in [7, 11) is 0. The van der Waals surface area contributed by atoms with Crippen molar-refractivity contribution in [2.24, 2.45) is 17.6 Å². The summed E-state index contributed by atoms with van der Waals surface area (Å²) < 4.78 is 5.57. The Hall–Kier alpha value is -2.41. The molecule has 28 heavy (non-hydrogen) atoms. The molecule has 4 unspecified atom stereocenters. The number of carboxylic acid groups (broad SMARTS) is 1. The Morgan fingerprint density at radius 3 is 2.68 bits per heavy atom. The molecule has 0 spiro atoms. The molecule has 3 aliphatic rings. The first-order valence-electron chi connectivity index (χ1n) is 9.98. The van der Waals surface area contributed by atoms with E-state index in [4.69, 9.17) is 10.5 Å². The van der Waals surface area contributed by atoms with Crippen molar-refractivity contribution < 1.29 is 24.2 Å². The van der Waals surface area contributed by atoms with Crippen LogP contribution in [0.15, 0.2) is 24.3 Å². The summed E-state index contributed by atoms with van der Waals surface area (Å²) in [5, 5.41) is 9.90. The van der Waals surface area contributed by atoms with Crippen molar-refractivity contribution in [1.82, 2.24) is 0 Å². The van der Waals surface area contributed by atoms with Crippen LogP contribution >= 0.6 is 0 Å². The average Bonchev–Trinajstić information content (AvgIpc) is 3.39. The molecule has 7 heteroatoms. The maximum Gasteiger partial charge on any atom is 0.414 e. The van der Waals surface area contributed by atoms with Gasteiger partial charge in [0.25, 0.3) is 0 Å². The topological polar surface area (TPSA) is 110 Å². The monoisotopic (exact) mass is 386 g/mol. The smallest absolute Gasteiger partial charge is 0.414 e. The molecule has 1 aromatic carbocycles. The Morgan fingerprint density at radius 2 is 2.00 bits per heavy atom. The van der Waals surface area contributed by atoms with Gasteiger partial charge in [-0.25, -0.2) is 4.79 Å². The second-order valence-corrected chi connectivity index (χ2v) is 8.31. The van der Waals surface area contributed by atoms with Crippen LogP contribution in [0.5, 0.6) is 0 Å². The van der Waals surface area contributed by atoms with Gasteiger partial charge < -0.3 is 20.4 Å². The van der Waals surface area contributed by atoms with Crippen LogP contribution in [0, 0.1) is 11.8 Å². The summed E-state index contributed by atoms with van der Waals surface area (Å²) in [6.45, 7) is 0.430. The Kier molecular flexibility index (Phi) is 4.87. The molecule has 1 amide bonds. The lowest BCUT2D eigenvalue weighted by Gasteiger charge is -2.47. The minimum atomic E-state index is -1.70. The SMILES string of the molecule is NC(CC=O)(C(=O)O)C1c2ccccc2N(C(=O)OCC2CC2)C2CCCC21. The highest BCUT2D eigenvalue weighted by Gasteiger charge is 2.55. The van der Waals surface area contributed by atoms with Crippen LogP contribution in [0.1, 0.15) is 50.0 Å². The molecule has 2 aliphatic carbocycles. The quantitative estimate of drug-likeness (QED) is 0.728. The van der Waals surface area contributed by atoms with Crippen molar-refractivity contribution in [2.75, 3.05) is 11.5 Å². The summed E-state index contributed by atoms with van der Waals surface area (Å²) in [5.41, 5.74) is 6.02. The van der Waals surface area contributed by atoms with Gasteiger partial charge in [0.2, 0.25) is 0 Å². The zero-order chi connectivity index (χ0) is 19.9. The van der Waals surface area contributed by atoms with Crippen LogP contribution in [-0.4, -0.2) is 41.6 Å². The van der Waals surface area contributed by atoms with Crippen molar-refractivity contribution in [3.05, 3.63) is 29.8 Å². The number of para-hydroxylation sites is 1. The number of hydrogen-bond acceptors (Lipinski definition) is 5. The van der Waals surface area contributed by atoms with Gasteiger partial charge >= 0.3 is 12.1 Å². The Morgan fingerprint density at radius 1 is 1.25 bits per heavy atom. The predicted molar refractivity (Wildman–Crippen MR) is 102 cm³/mol. The molecule has 2 saturated carbocycles. The number of ether oxygens (including phenoxy) is 1. The van der Waals surface area contributed by atoms with Gasteiger partial charge in [-0.2, -0.15) is 0 Å². The Bertz CT molecular complexity index is 793. The fourth-order valence-corrected chi connectivity index (χ4v) is 4.98. The van der Waals surface area contributed by atoms with Crippen molar-refractivity contribution in [3.8, 4) is 0 Å². The number of aldehydes is 1. The molecule has 150 valence electrons. The number of fused-ring (bicyclic) bond motifs is 2. The number of nitrogens with two attached hydrogens (primary N) is 1. The molecular weight excluding hydrogens is 360 g/mol. The van der Waals surface area contributed by atoms with Gasteiger partial charge in [0.15, 0.2) is 0 Å². The summed E-state index contributed by atoms with van der Waals surface area (Å²) in [6, 6.07) is 7.12. The highest BCUT2D eigenvalue weighted by molar-refractivity contribution is 5.92. The molecule has 2 fully saturated rings. The molecule has 1 heterocycles. The van der Waals surface area contributed by atoms with Crippen LogP contribution < -0.4 is 10.6 Å². The molecule has 0 saturated heterocycles. The largest absolute Gasteiger partial charge is 0.480 e. The van der Waals surface area contributed by atoms with Crippen LogP contribution in [-0.2, 0) is 14.3 Å². The highest BCUT2D eigenvalue weighted by Crippen LogP contribution is 2.53. The number of aliphatic carboxylic acids is 1. The van der Waals surface area contributed by atoms with E-state index in [1.807, 2.05) is 24.3 Å². The fraction of sp³-hybridized carbons (Fsp3) is 0.571. The molecule has 0 aromatic heterocycles. The number of benzene rings is 1. The molecule has 0 bridgehead atoms. The maximum atomic E-state index is 13.0. The second kappa shape index (κ2) is 7.20. The van der Waals surface area contributed by atoms with E-state index >= 15 is 0 Å². The first-order valence-corrected chi connectivity index (χ1v) is 9.98. The van der Waals surface area contributed by atoms with E-state index in [1.165, 1.54) is 0 Å². The summed E-state index contributed by atoms with van der Waals surface area (Å²) in [6.07, 6.45) is 4.54. The average molecular weight is 386 g/mol. The number of rotatable bonds is 6. The van der Waals surface area contributed by atoms with Crippen molar-refractivity contribution in [2.45, 2.75) is 56.0 Å². The molecule has 1 aromatic rings. The van der Waals surface area contributed by atoms with E-state index in [9.17, 15) is 19.5 Å². The summed E-state index contributed by atoms with van der Waals surface area (Å²) in [5.74, 6) is -1.38. The normalized spacial score (nSPS) is 28.0. The Balaban J connectivity index is 1.76. The highest BCUT2D eigenvalue weighted by atomic mass is 16.6. The van der Waals surface area contributed by atoms with Crippen molar-refractivity contribution >= 4 is 24.0 Å². The van der Waals surface area contributed by atoms with E-state index < -0.39 is 17.4 Å². The van der Waals surface area contributed by atoms with Gasteiger partial charge in [0.05, 0.1) is 12.3 Å². The van der Waals surface area contributed by atoms with Crippen LogP contribution in [0.3, 0.4) is 0 Å². The third-order valence-corrected chi connectivity index (χ3v) is 6.53. The summed E-state index contributed by atoms with van der Waals surface area (Å²) >= 11 is 0. The first-order chi connectivity index (χ1) is 13.5. The van der Waals surface area contributed by atoms with E-state index in [0.29, 0.717) is 30.1 Å². The number of nitrogens with zero attached hydrogens (tertiary/aromatic N) is 1. The molecule has 1 aliphatic heterocycles. The zero-order valence-electron chi connectivity index (χ0n) is 15.8. The van der Waals surface area contributed by atoms with E-state index in [1.54, 1.807) is 4.90 Å². The van der Waals surface area contributed by atoms with Crippen molar-refractivity contribution in [3.63, 3.8) is 0 Å². The first kappa shape index (κ1) is 18.9. The minimum Gasteiger partial charge on any atom is -0.480 e. The van der Waals surface area contributed by atoms with E-state index in [0.717, 1.165) is 32.1 Å². The van der Waals surface area contributed by atoms with Crippen LogP contribution in [0.4, 0.5) is 10.5 Å². The van der Waals surface area contributed by atoms with Crippen LogP contribution in [0.2, 0.25) is 0 Å². The number of carboxylic acids is 1.